The van der Waals surface area contributed by atoms with E-state index in [1.807, 2.05) is 13.8 Å². The smallest absolute Gasteiger partial charge is 0.214 e. The van der Waals surface area contributed by atoms with E-state index in [1.165, 1.54) is 6.07 Å². The van der Waals surface area contributed by atoms with Crippen LogP contribution in [0, 0.1) is 5.92 Å². The summed E-state index contributed by atoms with van der Waals surface area (Å²) < 4.78 is 59.3. The molecule has 0 bridgehead atoms. The lowest BCUT2D eigenvalue weighted by atomic mass is 10.0. The minimum atomic E-state index is -5.25. The van der Waals surface area contributed by atoms with Gasteiger partial charge in [-0.05, 0) is 30.0 Å². The van der Waals surface area contributed by atoms with Crippen molar-refractivity contribution in [2.45, 2.75) is 30.7 Å². The molecule has 96 valence electrons. The molecule has 0 aromatic heterocycles. The Morgan fingerprint density at radius 1 is 1.24 bits per heavy atom. The van der Waals surface area contributed by atoms with E-state index < -0.39 is 20.2 Å². The Kier molecular flexibility index (Phi) is 3.86. The van der Waals surface area contributed by atoms with Crippen molar-refractivity contribution in [2.75, 3.05) is 0 Å². The standard InChI is InChI=1S/C11H13F3O2S/c1-8(2)6-9-4-3-5-10(7-9)17(15,16)11(12,13)14/h3-5,7-8H,6H2,1-2H3. The van der Waals surface area contributed by atoms with Gasteiger partial charge < -0.3 is 0 Å². The van der Waals surface area contributed by atoms with Crippen molar-refractivity contribution < 1.29 is 21.6 Å². The van der Waals surface area contributed by atoms with E-state index in [9.17, 15) is 21.6 Å². The van der Waals surface area contributed by atoms with Crippen LogP contribution in [0.1, 0.15) is 19.4 Å². The van der Waals surface area contributed by atoms with Crippen LogP contribution in [0.15, 0.2) is 29.2 Å². The number of hydrogen-bond donors (Lipinski definition) is 0. The Morgan fingerprint density at radius 2 is 1.82 bits per heavy atom. The molecule has 0 aliphatic rings. The van der Waals surface area contributed by atoms with Crippen molar-refractivity contribution in [3.63, 3.8) is 0 Å². The van der Waals surface area contributed by atoms with Gasteiger partial charge in [0.25, 0.3) is 9.84 Å². The second-order valence-electron chi connectivity index (χ2n) is 4.19. The zero-order valence-corrected chi connectivity index (χ0v) is 10.3. The third kappa shape index (κ3) is 3.21. The molecule has 0 spiro atoms. The monoisotopic (exact) mass is 266 g/mol. The first kappa shape index (κ1) is 14.0. The minimum absolute atomic E-state index is 0.249. The Hall–Kier alpha value is -1.04. The molecule has 0 fully saturated rings. The van der Waals surface area contributed by atoms with Crippen LogP contribution in [-0.4, -0.2) is 13.9 Å². The summed E-state index contributed by atoms with van der Waals surface area (Å²) in [5.41, 5.74) is -4.66. The van der Waals surface area contributed by atoms with Gasteiger partial charge >= 0.3 is 5.51 Å². The summed E-state index contributed by atoms with van der Waals surface area (Å²) in [5.74, 6) is 0.249. The van der Waals surface area contributed by atoms with Gasteiger partial charge in [-0.3, -0.25) is 0 Å². The zero-order chi connectivity index (χ0) is 13.3. The minimum Gasteiger partial charge on any atom is -0.214 e. The SMILES string of the molecule is CC(C)Cc1cccc(S(=O)(=O)C(F)(F)F)c1. The van der Waals surface area contributed by atoms with E-state index in [2.05, 4.69) is 0 Å². The molecule has 1 aromatic rings. The highest BCUT2D eigenvalue weighted by Gasteiger charge is 2.46. The summed E-state index contributed by atoms with van der Waals surface area (Å²) >= 11 is 0. The maximum absolute atomic E-state index is 12.3. The van der Waals surface area contributed by atoms with E-state index in [4.69, 9.17) is 0 Å². The highest BCUT2D eigenvalue weighted by Crippen LogP contribution is 2.30. The topological polar surface area (TPSA) is 34.1 Å². The second kappa shape index (κ2) is 4.68. The van der Waals surface area contributed by atoms with E-state index in [0.29, 0.717) is 12.0 Å². The zero-order valence-electron chi connectivity index (χ0n) is 9.45. The van der Waals surface area contributed by atoms with Gasteiger partial charge in [-0.2, -0.15) is 13.2 Å². The maximum atomic E-state index is 12.3. The van der Waals surface area contributed by atoms with Crippen molar-refractivity contribution in [1.82, 2.24) is 0 Å². The molecule has 1 aromatic carbocycles. The lowest BCUT2D eigenvalue weighted by Gasteiger charge is -2.10. The molecule has 2 nitrogen and oxygen atoms in total. The van der Waals surface area contributed by atoms with Crippen LogP contribution in [0.25, 0.3) is 0 Å². The number of alkyl halides is 3. The lowest BCUT2D eigenvalue weighted by molar-refractivity contribution is -0.0436. The number of benzene rings is 1. The summed E-state index contributed by atoms with van der Waals surface area (Å²) in [6.45, 7) is 3.82. The largest absolute Gasteiger partial charge is 0.501 e. The van der Waals surface area contributed by atoms with Crippen LogP contribution in [0.4, 0.5) is 13.2 Å². The molecule has 0 saturated heterocycles. The summed E-state index contributed by atoms with van der Waals surface area (Å²) in [6.07, 6.45) is 0.543. The molecule has 0 N–H and O–H groups in total. The molecule has 0 unspecified atom stereocenters. The van der Waals surface area contributed by atoms with Crippen molar-refractivity contribution in [1.29, 1.82) is 0 Å². The van der Waals surface area contributed by atoms with Crippen LogP contribution in [0.5, 0.6) is 0 Å². The number of rotatable bonds is 3. The van der Waals surface area contributed by atoms with Gasteiger partial charge in [0, 0.05) is 0 Å². The third-order valence-electron chi connectivity index (χ3n) is 2.16. The van der Waals surface area contributed by atoms with Crippen molar-refractivity contribution in [2.24, 2.45) is 5.92 Å². The van der Waals surface area contributed by atoms with Crippen LogP contribution >= 0.6 is 0 Å². The second-order valence-corrected chi connectivity index (χ2v) is 6.14. The van der Waals surface area contributed by atoms with Gasteiger partial charge in [0.1, 0.15) is 0 Å². The molecular weight excluding hydrogens is 253 g/mol. The average Bonchev–Trinajstić information content (AvgIpc) is 2.15. The van der Waals surface area contributed by atoms with Gasteiger partial charge in [-0.1, -0.05) is 26.0 Å². The van der Waals surface area contributed by atoms with Crippen LogP contribution in [0.2, 0.25) is 0 Å². The molecule has 6 heteroatoms. The van der Waals surface area contributed by atoms with Crippen molar-refractivity contribution in [3.8, 4) is 0 Å². The molecule has 0 atom stereocenters. The molecular formula is C11H13F3O2S. The first-order chi connectivity index (χ1) is 7.64. The number of sulfone groups is 1. The van der Waals surface area contributed by atoms with Crippen LogP contribution in [0.3, 0.4) is 0 Å². The Balaban J connectivity index is 3.17. The predicted molar refractivity (Wildman–Crippen MR) is 58.2 cm³/mol. The van der Waals surface area contributed by atoms with Gasteiger partial charge in [-0.15, -0.1) is 0 Å². The third-order valence-corrected chi connectivity index (χ3v) is 3.64. The molecule has 17 heavy (non-hydrogen) atoms. The Morgan fingerprint density at radius 3 is 2.29 bits per heavy atom. The van der Waals surface area contributed by atoms with E-state index in [-0.39, 0.29) is 5.92 Å². The highest BCUT2D eigenvalue weighted by molar-refractivity contribution is 7.92. The maximum Gasteiger partial charge on any atom is 0.501 e. The summed E-state index contributed by atoms with van der Waals surface area (Å²) in [7, 11) is -5.23. The van der Waals surface area contributed by atoms with Crippen LogP contribution < -0.4 is 0 Å². The Labute approximate surface area is 98.4 Å². The quantitative estimate of drug-likeness (QED) is 0.842. The fourth-order valence-electron chi connectivity index (χ4n) is 1.44. The fourth-order valence-corrected chi connectivity index (χ4v) is 2.28. The molecule has 0 radical (unpaired) electrons. The lowest BCUT2D eigenvalue weighted by Crippen LogP contribution is -2.23. The Bertz CT molecular complexity index is 490. The van der Waals surface area contributed by atoms with Gasteiger partial charge in [0.05, 0.1) is 4.90 Å². The molecule has 0 saturated carbocycles. The fraction of sp³-hybridized carbons (Fsp3) is 0.455. The van der Waals surface area contributed by atoms with Gasteiger partial charge in [0.15, 0.2) is 0 Å². The number of hydrogen-bond acceptors (Lipinski definition) is 2. The molecule has 0 aliphatic heterocycles. The van der Waals surface area contributed by atoms with E-state index >= 15 is 0 Å². The molecule has 0 heterocycles. The average molecular weight is 266 g/mol. The van der Waals surface area contributed by atoms with Crippen molar-refractivity contribution in [3.05, 3.63) is 29.8 Å². The van der Waals surface area contributed by atoms with E-state index in [0.717, 1.165) is 12.1 Å². The summed E-state index contributed by atoms with van der Waals surface area (Å²) in [6, 6.07) is 5.00. The summed E-state index contributed by atoms with van der Waals surface area (Å²) in [5, 5.41) is 0. The molecule has 0 amide bonds. The van der Waals surface area contributed by atoms with Crippen molar-refractivity contribution >= 4 is 9.84 Å². The number of halogens is 3. The summed E-state index contributed by atoms with van der Waals surface area (Å²) in [4.78, 5) is -0.692. The van der Waals surface area contributed by atoms with Crippen LogP contribution in [-0.2, 0) is 16.3 Å². The molecule has 0 aliphatic carbocycles. The normalized spacial score (nSPS) is 13.1. The van der Waals surface area contributed by atoms with Gasteiger partial charge in [0.2, 0.25) is 0 Å². The van der Waals surface area contributed by atoms with E-state index in [1.54, 1.807) is 6.07 Å². The highest BCUT2D eigenvalue weighted by atomic mass is 32.2. The predicted octanol–water partition coefficient (Wildman–Crippen LogP) is 3.18. The van der Waals surface area contributed by atoms with Gasteiger partial charge in [-0.25, -0.2) is 8.42 Å². The molecule has 1 rings (SSSR count). The first-order valence-electron chi connectivity index (χ1n) is 5.05. The first-order valence-corrected chi connectivity index (χ1v) is 6.53.